The monoisotopic (exact) mass is 507 g/mol. The molecule has 1 fully saturated rings. The lowest BCUT2D eigenvalue weighted by Crippen LogP contribution is -2.40. The summed E-state index contributed by atoms with van der Waals surface area (Å²) < 4.78 is 18.1. The fourth-order valence-corrected chi connectivity index (χ4v) is 4.59. The van der Waals surface area contributed by atoms with Crippen LogP contribution in [0.1, 0.15) is 57.6 Å². The van der Waals surface area contributed by atoms with Gasteiger partial charge in [-0.1, -0.05) is 45.0 Å². The zero-order valence-corrected chi connectivity index (χ0v) is 23.9. The summed E-state index contributed by atoms with van der Waals surface area (Å²) in [4.78, 5) is 15.2. The molecular formula is C30H41NO4Si. The molecule has 0 aliphatic heterocycles. The van der Waals surface area contributed by atoms with E-state index in [1.807, 2.05) is 30.3 Å². The van der Waals surface area contributed by atoms with E-state index in [1.165, 1.54) is 18.4 Å². The maximum Gasteiger partial charge on any atom is 0.293 e. The summed E-state index contributed by atoms with van der Waals surface area (Å²) in [6.45, 7) is 17.6. The van der Waals surface area contributed by atoms with Gasteiger partial charge in [0.15, 0.2) is 14.1 Å². The quantitative estimate of drug-likeness (QED) is 0.136. The first-order valence-electron chi connectivity index (χ1n) is 12.7. The van der Waals surface area contributed by atoms with Crippen LogP contribution in [-0.2, 0) is 15.8 Å². The molecule has 0 N–H and O–H groups in total. The highest BCUT2D eigenvalue weighted by Gasteiger charge is 2.37. The molecule has 0 bridgehead atoms. The maximum absolute atomic E-state index is 13.5. The van der Waals surface area contributed by atoms with E-state index >= 15 is 0 Å². The topological polar surface area (TPSA) is 48.0 Å². The van der Waals surface area contributed by atoms with Gasteiger partial charge in [-0.15, -0.1) is 6.58 Å². The minimum atomic E-state index is -1.91. The molecule has 3 rings (SSSR count). The van der Waals surface area contributed by atoms with Crippen molar-refractivity contribution in [1.29, 1.82) is 0 Å². The van der Waals surface area contributed by atoms with Gasteiger partial charge in [0, 0.05) is 23.9 Å². The molecule has 0 aromatic heterocycles. The predicted octanol–water partition coefficient (Wildman–Crippen LogP) is 7.60. The van der Waals surface area contributed by atoms with E-state index in [2.05, 4.69) is 52.6 Å². The van der Waals surface area contributed by atoms with Gasteiger partial charge in [-0.3, -0.25) is 4.79 Å². The first kappa shape index (κ1) is 27.7. The van der Waals surface area contributed by atoms with Gasteiger partial charge in [-0.05, 0) is 73.7 Å². The van der Waals surface area contributed by atoms with Gasteiger partial charge in [-0.25, -0.2) is 0 Å². The van der Waals surface area contributed by atoms with Gasteiger partial charge in [0.1, 0.15) is 11.5 Å². The van der Waals surface area contributed by atoms with Crippen LogP contribution in [0.25, 0.3) is 0 Å². The van der Waals surface area contributed by atoms with E-state index in [1.54, 1.807) is 31.1 Å². The fraction of sp³-hybridized carbons (Fsp3) is 0.433. The van der Waals surface area contributed by atoms with E-state index in [4.69, 9.17) is 13.9 Å². The Labute approximate surface area is 217 Å². The smallest absolute Gasteiger partial charge is 0.293 e. The van der Waals surface area contributed by atoms with Crippen LogP contribution in [0.2, 0.25) is 18.1 Å². The minimum absolute atomic E-state index is 0.120. The molecule has 6 heteroatoms. The molecule has 0 unspecified atom stereocenters. The zero-order valence-electron chi connectivity index (χ0n) is 22.9. The molecule has 2 aromatic carbocycles. The summed E-state index contributed by atoms with van der Waals surface area (Å²) >= 11 is 0. The van der Waals surface area contributed by atoms with Crippen LogP contribution in [-0.4, -0.2) is 27.9 Å². The molecule has 0 radical (unpaired) electrons. The van der Waals surface area contributed by atoms with Crippen LogP contribution < -0.4 is 14.4 Å². The van der Waals surface area contributed by atoms with Crippen LogP contribution in [0.15, 0.2) is 67.0 Å². The number of amides is 1. The van der Waals surface area contributed by atoms with Gasteiger partial charge in [-0.2, -0.15) is 0 Å². The Balaban J connectivity index is 1.79. The van der Waals surface area contributed by atoms with Crippen molar-refractivity contribution in [2.24, 2.45) is 0 Å². The number of ether oxygens (including phenoxy) is 2. The summed E-state index contributed by atoms with van der Waals surface area (Å²) in [5.74, 6) is 2.04. The standard InChI is InChI=1S/C30H41NO4Si/c1-9-19-31(29(32)27(10-2)35-26-17-14-23(15-18-26)22-11-12-22)25-16-13-24(28(20-25)33-6)21-34-36(7,8)30(3,4)5/h9-10,13-18,20,22H,1,11-12,19,21H2,2-8H3/b27-10-. The Morgan fingerprint density at radius 1 is 1.14 bits per heavy atom. The predicted molar refractivity (Wildman–Crippen MR) is 150 cm³/mol. The lowest BCUT2D eigenvalue weighted by atomic mass is 10.1. The second kappa shape index (κ2) is 11.5. The van der Waals surface area contributed by atoms with Crippen molar-refractivity contribution < 1.29 is 18.7 Å². The summed E-state index contributed by atoms with van der Waals surface area (Å²) in [7, 11) is -0.271. The Hall–Kier alpha value is -2.83. The Bertz CT molecular complexity index is 1090. The second-order valence-corrected chi connectivity index (χ2v) is 15.7. The summed E-state index contributed by atoms with van der Waals surface area (Å²) in [6, 6.07) is 13.8. The largest absolute Gasteiger partial charge is 0.496 e. The molecule has 1 aliphatic carbocycles. The van der Waals surface area contributed by atoms with Crippen molar-refractivity contribution >= 4 is 19.9 Å². The van der Waals surface area contributed by atoms with E-state index in [0.29, 0.717) is 36.3 Å². The Kier molecular flexibility index (Phi) is 8.85. The number of carbonyl (C=O) groups excluding carboxylic acids is 1. The van der Waals surface area contributed by atoms with E-state index < -0.39 is 8.32 Å². The van der Waals surface area contributed by atoms with Crippen LogP contribution in [0.5, 0.6) is 11.5 Å². The number of anilines is 1. The summed E-state index contributed by atoms with van der Waals surface area (Å²) in [5, 5.41) is 0.120. The van der Waals surface area contributed by atoms with Gasteiger partial charge < -0.3 is 18.8 Å². The molecule has 1 amide bonds. The van der Waals surface area contributed by atoms with Crippen LogP contribution in [0, 0.1) is 0 Å². The van der Waals surface area contributed by atoms with Gasteiger partial charge in [0.2, 0.25) is 0 Å². The highest BCUT2D eigenvalue weighted by atomic mass is 28.4. The minimum Gasteiger partial charge on any atom is -0.496 e. The fourth-order valence-electron chi connectivity index (χ4n) is 3.64. The van der Waals surface area contributed by atoms with Crippen LogP contribution >= 0.6 is 0 Å². The molecule has 194 valence electrons. The van der Waals surface area contributed by atoms with Crippen molar-refractivity contribution in [3.63, 3.8) is 0 Å². The van der Waals surface area contributed by atoms with Gasteiger partial charge >= 0.3 is 0 Å². The van der Waals surface area contributed by atoms with Crippen molar-refractivity contribution in [3.05, 3.63) is 78.1 Å². The molecule has 1 aliphatic rings. The molecule has 36 heavy (non-hydrogen) atoms. The second-order valence-electron chi connectivity index (χ2n) is 10.8. The van der Waals surface area contributed by atoms with Crippen molar-refractivity contribution in [2.75, 3.05) is 18.6 Å². The molecule has 0 spiro atoms. The van der Waals surface area contributed by atoms with Crippen molar-refractivity contribution in [3.8, 4) is 11.5 Å². The third-order valence-corrected chi connectivity index (χ3v) is 11.6. The Morgan fingerprint density at radius 3 is 2.33 bits per heavy atom. The highest BCUT2D eigenvalue weighted by Crippen LogP contribution is 2.40. The van der Waals surface area contributed by atoms with E-state index in [-0.39, 0.29) is 16.7 Å². The van der Waals surface area contributed by atoms with E-state index in [9.17, 15) is 4.79 Å². The normalized spacial score (nSPS) is 14.4. The molecule has 0 saturated heterocycles. The number of methoxy groups -OCH3 is 1. The van der Waals surface area contributed by atoms with Crippen molar-refractivity contribution in [1.82, 2.24) is 0 Å². The maximum atomic E-state index is 13.5. The molecular weight excluding hydrogens is 466 g/mol. The molecule has 2 aromatic rings. The third-order valence-electron chi connectivity index (χ3n) is 7.16. The van der Waals surface area contributed by atoms with E-state index in [0.717, 1.165) is 5.56 Å². The van der Waals surface area contributed by atoms with Crippen molar-refractivity contribution in [2.45, 2.75) is 71.2 Å². The summed E-state index contributed by atoms with van der Waals surface area (Å²) in [6.07, 6.45) is 5.91. The van der Waals surface area contributed by atoms with Crippen LogP contribution in [0.3, 0.4) is 0 Å². The molecule has 0 heterocycles. The number of hydrogen-bond donors (Lipinski definition) is 0. The molecule has 5 nitrogen and oxygen atoms in total. The average Bonchev–Trinajstić information content (AvgIpc) is 3.69. The molecule has 0 atom stereocenters. The zero-order chi connectivity index (χ0) is 26.5. The number of carbonyl (C=O) groups is 1. The number of hydrogen-bond acceptors (Lipinski definition) is 4. The van der Waals surface area contributed by atoms with Gasteiger partial charge in [0.05, 0.1) is 13.7 Å². The Morgan fingerprint density at radius 2 is 1.81 bits per heavy atom. The number of rotatable bonds is 11. The first-order chi connectivity index (χ1) is 17.0. The third kappa shape index (κ3) is 6.68. The number of allylic oxidation sites excluding steroid dienone is 1. The van der Waals surface area contributed by atoms with Gasteiger partial charge in [0.25, 0.3) is 5.91 Å². The average molecular weight is 508 g/mol. The summed E-state index contributed by atoms with van der Waals surface area (Å²) in [5.41, 5.74) is 2.99. The first-order valence-corrected chi connectivity index (χ1v) is 15.6. The highest BCUT2D eigenvalue weighted by molar-refractivity contribution is 6.74. The number of nitrogens with zero attached hydrogens (tertiary/aromatic N) is 1. The number of benzene rings is 2. The molecule has 1 saturated carbocycles. The van der Waals surface area contributed by atoms with Crippen LogP contribution in [0.4, 0.5) is 5.69 Å². The lowest BCUT2D eigenvalue weighted by molar-refractivity contribution is -0.117. The lowest BCUT2D eigenvalue weighted by Gasteiger charge is -2.36. The SMILES string of the molecule is C=CCN(C(=O)/C(=C/C)Oc1ccc(C2CC2)cc1)c1ccc(CO[Si](C)(C)C(C)(C)C)c(OC)c1.